The lowest BCUT2D eigenvalue weighted by Crippen LogP contribution is -2.36. The minimum atomic E-state index is -1.08. The van der Waals surface area contributed by atoms with E-state index in [-0.39, 0.29) is 34.8 Å². The number of carbonyl (C=O) groups is 2. The van der Waals surface area contributed by atoms with E-state index in [0.29, 0.717) is 6.61 Å². The molecular formula is C13H17ClN2O4. The number of hydrogen-bond donors (Lipinski definition) is 3. The van der Waals surface area contributed by atoms with Gasteiger partial charge >= 0.3 is 5.97 Å². The number of aromatic carboxylic acids is 1. The van der Waals surface area contributed by atoms with E-state index in [0.717, 1.165) is 0 Å². The van der Waals surface area contributed by atoms with Crippen LogP contribution in [0.1, 0.15) is 17.3 Å². The zero-order chi connectivity index (χ0) is 15.1. The van der Waals surface area contributed by atoms with E-state index in [9.17, 15) is 9.59 Å². The largest absolute Gasteiger partial charge is 0.478 e. The maximum absolute atomic E-state index is 11.7. The summed E-state index contributed by atoms with van der Waals surface area (Å²) in [7, 11) is 1.58. The zero-order valence-electron chi connectivity index (χ0n) is 11.3. The van der Waals surface area contributed by atoms with Crippen molar-refractivity contribution < 1.29 is 19.4 Å². The number of nitrogens with one attached hydrogen (secondary N) is 2. The molecule has 1 aromatic rings. The quantitative estimate of drug-likeness (QED) is 0.712. The molecule has 0 radical (unpaired) electrons. The third kappa shape index (κ3) is 5.16. The van der Waals surface area contributed by atoms with Gasteiger partial charge in [-0.3, -0.25) is 4.79 Å². The van der Waals surface area contributed by atoms with Crippen LogP contribution in [0, 0.1) is 0 Å². The molecule has 1 unspecified atom stereocenters. The average molecular weight is 301 g/mol. The number of halogens is 1. The maximum Gasteiger partial charge on any atom is 0.335 e. The number of carbonyl (C=O) groups excluding carboxylic acids is 1. The van der Waals surface area contributed by atoms with Gasteiger partial charge in [-0.15, -0.1) is 0 Å². The van der Waals surface area contributed by atoms with Crippen LogP contribution in [0.5, 0.6) is 0 Å². The highest BCUT2D eigenvalue weighted by Crippen LogP contribution is 2.22. The normalized spacial score (nSPS) is 11.9. The van der Waals surface area contributed by atoms with Crippen LogP contribution in [0.15, 0.2) is 18.2 Å². The molecule has 0 heterocycles. The Morgan fingerprint density at radius 3 is 2.75 bits per heavy atom. The van der Waals surface area contributed by atoms with Crippen LogP contribution in [0.4, 0.5) is 5.69 Å². The molecule has 20 heavy (non-hydrogen) atoms. The molecule has 3 N–H and O–H groups in total. The number of ether oxygens (including phenoxy) is 1. The number of carboxylic acid groups (broad SMARTS) is 1. The number of hydrogen-bond acceptors (Lipinski definition) is 4. The lowest BCUT2D eigenvalue weighted by molar-refractivity contribution is -0.115. The van der Waals surface area contributed by atoms with Gasteiger partial charge in [0.15, 0.2) is 0 Å². The van der Waals surface area contributed by atoms with Crippen LogP contribution in [0.3, 0.4) is 0 Å². The minimum absolute atomic E-state index is 0.0339. The van der Waals surface area contributed by atoms with Crippen molar-refractivity contribution in [3.05, 3.63) is 28.8 Å². The van der Waals surface area contributed by atoms with Crippen molar-refractivity contribution >= 4 is 29.2 Å². The smallest absolute Gasteiger partial charge is 0.335 e. The molecule has 7 heteroatoms. The van der Waals surface area contributed by atoms with Gasteiger partial charge in [-0.25, -0.2) is 4.79 Å². The van der Waals surface area contributed by atoms with Gasteiger partial charge in [-0.05, 0) is 25.1 Å². The summed E-state index contributed by atoms with van der Waals surface area (Å²) in [4.78, 5) is 22.6. The van der Waals surface area contributed by atoms with Gasteiger partial charge in [0.1, 0.15) is 0 Å². The lowest BCUT2D eigenvalue weighted by Gasteiger charge is -2.13. The van der Waals surface area contributed by atoms with E-state index in [2.05, 4.69) is 10.6 Å². The fourth-order valence-electron chi connectivity index (χ4n) is 1.52. The van der Waals surface area contributed by atoms with Gasteiger partial charge in [-0.1, -0.05) is 11.6 Å². The first-order chi connectivity index (χ1) is 9.43. The first-order valence-electron chi connectivity index (χ1n) is 5.99. The maximum atomic E-state index is 11.7. The summed E-state index contributed by atoms with van der Waals surface area (Å²) >= 11 is 5.91. The number of benzene rings is 1. The Kier molecular flexibility index (Phi) is 6.44. The van der Waals surface area contributed by atoms with Crippen molar-refractivity contribution in [1.29, 1.82) is 0 Å². The fourth-order valence-corrected chi connectivity index (χ4v) is 1.69. The number of rotatable bonds is 7. The van der Waals surface area contributed by atoms with Gasteiger partial charge in [-0.2, -0.15) is 0 Å². The summed E-state index contributed by atoms with van der Waals surface area (Å²) in [5.74, 6) is -1.39. The van der Waals surface area contributed by atoms with Crippen LogP contribution in [0.2, 0.25) is 5.02 Å². The Morgan fingerprint density at radius 1 is 1.45 bits per heavy atom. The molecule has 1 amide bonds. The SMILES string of the molecule is COCC(C)NCC(=O)Nc1cc(C(=O)O)ccc1Cl. The van der Waals surface area contributed by atoms with E-state index in [1.54, 1.807) is 7.11 Å². The topological polar surface area (TPSA) is 87.7 Å². The average Bonchev–Trinajstić information content (AvgIpc) is 2.39. The van der Waals surface area contributed by atoms with Gasteiger partial charge in [0.05, 0.1) is 29.4 Å². The monoisotopic (exact) mass is 300 g/mol. The molecule has 0 fully saturated rings. The summed E-state index contributed by atoms with van der Waals surface area (Å²) in [6, 6.07) is 4.16. The second kappa shape index (κ2) is 7.84. The lowest BCUT2D eigenvalue weighted by atomic mass is 10.2. The molecule has 0 spiro atoms. The van der Waals surface area contributed by atoms with Crippen molar-refractivity contribution in [3.63, 3.8) is 0 Å². The summed E-state index contributed by atoms with van der Waals surface area (Å²) < 4.78 is 4.93. The van der Waals surface area contributed by atoms with E-state index < -0.39 is 5.97 Å². The van der Waals surface area contributed by atoms with Gasteiger partial charge < -0.3 is 20.5 Å². The van der Waals surface area contributed by atoms with Gasteiger partial charge in [0.25, 0.3) is 0 Å². The highest BCUT2D eigenvalue weighted by molar-refractivity contribution is 6.33. The minimum Gasteiger partial charge on any atom is -0.478 e. The summed E-state index contributed by atoms with van der Waals surface area (Å²) in [6.07, 6.45) is 0. The number of methoxy groups -OCH3 is 1. The standard InChI is InChI=1S/C13H17ClN2O4/c1-8(7-20-2)15-6-12(17)16-11-5-9(13(18)19)3-4-10(11)14/h3-5,8,15H,6-7H2,1-2H3,(H,16,17)(H,18,19). The summed E-state index contributed by atoms with van der Waals surface area (Å²) in [6.45, 7) is 2.45. The third-order valence-corrected chi connectivity index (χ3v) is 2.84. The molecule has 1 rings (SSSR count). The highest BCUT2D eigenvalue weighted by atomic mass is 35.5. The molecule has 0 aliphatic heterocycles. The summed E-state index contributed by atoms with van der Waals surface area (Å²) in [5, 5.41) is 14.7. The number of carboxylic acids is 1. The fraction of sp³-hybridized carbons (Fsp3) is 0.385. The van der Waals surface area contributed by atoms with Crippen LogP contribution in [-0.2, 0) is 9.53 Å². The Bertz CT molecular complexity index is 493. The van der Waals surface area contributed by atoms with E-state index in [1.807, 2.05) is 6.92 Å². The summed E-state index contributed by atoms with van der Waals surface area (Å²) in [5.41, 5.74) is 0.336. The first-order valence-corrected chi connectivity index (χ1v) is 6.37. The molecule has 0 aromatic heterocycles. The molecule has 110 valence electrons. The van der Waals surface area contributed by atoms with Gasteiger partial charge in [0.2, 0.25) is 5.91 Å². The third-order valence-electron chi connectivity index (χ3n) is 2.52. The molecule has 0 saturated heterocycles. The molecule has 0 bridgehead atoms. The Morgan fingerprint density at radius 2 is 2.15 bits per heavy atom. The van der Waals surface area contributed by atoms with Crippen molar-refractivity contribution in [3.8, 4) is 0 Å². The van der Waals surface area contributed by atoms with Crippen LogP contribution < -0.4 is 10.6 Å². The van der Waals surface area contributed by atoms with Gasteiger partial charge in [0, 0.05) is 13.2 Å². The van der Waals surface area contributed by atoms with Crippen molar-refractivity contribution in [2.75, 3.05) is 25.6 Å². The molecule has 1 atom stereocenters. The Labute approximate surface area is 122 Å². The van der Waals surface area contributed by atoms with Crippen molar-refractivity contribution in [2.45, 2.75) is 13.0 Å². The Hall–Kier alpha value is -1.63. The second-order valence-corrected chi connectivity index (χ2v) is 4.69. The zero-order valence-corrected chi connectivity index (χ0v) is 12.0. The number of anilines is 1. The van der Waals surface area contributed by atoms with Crippen molar-refractivity contribution in [2.24, 2.45) is 0 Å². The molecule has 0 aliphatic rings. The predicted molar refractivity (Wildman–Crippen MR) is 76.4 cm³/mol. The number of amides is 1. The van der Waals surface area contributed by atoms with Crippen LogP contribution in [-0.4, -0.2) is 43.3 Å². The molecular weight excluding hydrogens is 284 g/mol. The predicted octanol–water partition coefficient (Wildman–Crippen LogP) is 1.60. The van der Waals surface area contributed by atoms with E-state index >= 15 is 0 Å². The van der Waals surface area contributed by atoms with E-state index in [4.69, 9.17) is 21.4 Å². The molecule has 1 aromatic carbocycles. The first kappa shape index (κ1) is 16.4. The van der Waals surface area contributed by atoms with Crippen LogP contribution in [0.25, 0.3) is 0 Å². The molecule has 0 saturated carbocycles. The van der Waals surface area contributed by atoms with Crippen molar-refractivity contribution in [1.82, 2.24) is 5.32 Å². The highest BCUT2D eigenvalue weighted by Gasteiger charge is 2.11. The van der Waals surface area contributed by atoms with E-state index in [1.165, 1.54) is 18.2 Å². The Balaban J connectivity index is 2.61. The molecule has 0 aliphatic carbocycles. The second-order valence-electron chi connectivity index (χ2n) is 4.29. The molecule has 6 nitrogen and oxygen atoms in total. The van der Waals surface area contributed by atoms with Crippen LogP contribution >= 0.6 is 11.6 Å².